The molecule has 0 spiro atoms. The summed E-state index contributed by atoms with van der Waals surface area (Å²) in [4.78, 5) is 8.12. The molecule has 0 aliphatic heterocycles. The molecular formula is C19H12Cl4N4O2S. The number of pyridine rings is 1. The van der Waals surface area contributed by atoms with Gasteiger partial charge in [-0.25, -0.2) is 22.9 Å². The van der Waals surface area contributed by atoms with Gasteiger partial charge in [0.05, 0.1) is 16.8 Å². The second-order valence-corrected chi connectivity index (χ2v) is 11.1. The van der Waals surface area contributed by atoms with E-state index >= 15 is 0 Å². The Morgan fingerprint density at radius 1 is 1.07 bits per heavy atom. The second-order valence-electron chi connectivity index (χ2n) is 6.48. The van der Waals surface area contributed by atoms with Crippen molar-refractivity contribution in [1.82, 2.24) is 19.6 Å². The Balaban J connectivity index is 2.05. The highest BCUT2D eigenvalue weighted by Crippen LogP contribution is 2.40. The lowest BCUT2D eigenvalue weighted by Gasteiger charge is -2.11. The summed E-state index contributed by atoms with van der Waals surface area (Å²) in [5.74, 6) is 0. The first-order valence-corrected chi connectivity index (χ1v) is 11.8. The van der Waals surface area contributed by atoms with Crippen molar-refractivity contribution in [3.63, 3.8) is 0 Å². The van der Waals surface area contributed by atoms with Crippen LogP contribution in [0.2, 0.25) is 5.02 Å². The van der Waals surface area contributed by atoms with Crippen LogP contribution < -0.4 is 0 Å². The van der Waals surface area contributed by atoms with E-state index in [9.17, 15) is 8.42 Å². The van der Waals surface area contributed by atoms with Crippen LogP contribution in [0.4, 0.5) is 0 Å². The number of benzene rings is 1. The largest absolute Gasteiger partial charge is 0.247 e. The molecule has 0 bridgehead atoms. The number of fused-ring (bicyclic) bond motifs is 1. The van der Waals surface area contributed by atoms with Gasteiger partial charge < -0.3 is 0 Å². The van der Waals surface area contributed by atoms with Gasteiger partial charge in [0.2, 0.25) is 18.8 Å². The number of hydrogen-bond acceptors (Lipinski definition) is 5. The Morgan fingerprint density at radius 3 is 2.50 bits per heavy atom. The van der Waals surface area contributed by atoms with Crippen LogP contribution in [0, 0.1) is 0 Å². The van der Waals surface area contributed by atoms with E-state index in [4.69, 9.17) is 46.4 Å². The number of rotatable bonds is 3. The Bertz CT molecular complexity index is 1380. The lowest BCUT2D eigenvalue weighted by atomic mass is 10.0. The molecule has 0 saturated heterocycles. The van der Waals surface area contributed by atoms with E-state index in [0.717, 1.165) is 11.8 Å². The van der Waals surface area contributed by atoms with Crippen molar-refractivity contribution in [2.75, 3.05) is 6.26 Å². The Morgan fingerprint density at radius 2 is 1.83 bits per heavy atom. The lowest BCUT2D eigenvalue weighted by molar-refractivity contribution is 0.593. The van der Waals surface area contributed by atoms with Crippen LogP contribution in [0.3, 0.4) is 0 Å². The van der Waals surface area contributed by atoms with Gasteiger partial charge in [0, 0.05) is 34.8 Å². The fourth-order valence-corrected chi connectivity index (χ4v) is 4.01. The molecule has 0 aliphatic rings. The zero-order valence-corrected chi connectivity index (χ0v) is 19.1. The summed E-state index contributed by atoms with van der Waals surface area (Å²) in [7, 11) is -3.60. The summed E-state index contributed by atoms with van der Waals surface area (Å²) in [6.07, 6.45) is 4.03. The van der Waals surface area contributed by atoms with Gasteiger partial charge in [0.1, 0.15) is 5.69 Å². The summed E-state index contributed by atoms with van der Waals surface area (Å²) < 4.78 is 23.9. The highest BCUT2D eigenvalue weighted by molar-refractivity contribution is 7.90. The van der Waals surface area contributed by atoms with E-state index < -0.39 is 13.6 Å². The SMILES string of the molecule is CS(=O)(=O)c1nccc(-c2c(-c3cccc(Cl)c3)nn3cc(C(Cl)(Cl)Cl)ccc23)n1. The summed E-state index contributed by atoms with van der Waals surface area (Å²) in [6, 6.07) is 12.1. The van der Waals surface area contributed by atoms with Gasteiger partial charge in [-0.2, -0.15) is 5.10 Å². The summed E-state index contributed by atoms with van der Waals surface area (Å²) in [5, 5.41) is 4.88. The number of nitrogens with zero attached hydrogens (tertiary/aromatic N) is 4. The molecule has 4 aromatic rings. The molecule has 0 amide bonds. The van der Waals surface area contributed by atoms with Gasteiger partial charge in [0.15, 0.2) is 0 Å². The van der Waals surface area contributed by atoms with E-state index in [2.05, 4.69) is 15.1 Å². The molecule has 0 fully saturated rings. The van der Waals surface area contributed by atoms with Crippen LogP contribution in [0.25, 0.3) is 28.0 Å². The Hall–Kier alpha value is -1.90. The minimum absolute atomic E-state index is 0.283. The molecule has 154 valence electrons. The molecule has 4 rings (SSSR count). The molecule has 30 heavy (non-hydrogen) atoms. The topological polar surface area (TPSA) is 77.2 Å². The average molecular weight is 502 g/mol. The van der Waals surface area contributed by atoms with Gasteiger partial charge >= 0.3 is 0 Å². The van der Waals surface area contributed by atoms with Crippen LogP contribution >= 0.6 is 46.4 Å². The number of halogens is 4. The minimum atomic E-state index is -3.60. The molecule has 11 heteroatoms. The maximum Gasteiger partial charge on any atom is 0.247 e. The highest BCUT2D eigenvalue weighted by Gasteiger charge is 2.25. The fourth-order valence-electron chi connectivity index (χ4n) is 2.97. The Labute approximate surface area is 192 Å². The van der Waals surface area contributed by atoms with Gasteiger partial charge in [-0.15, -0.1) is 0 Å². The van der Waals surface area contributed by atoms with Crippen molar-refractivity contribution in [3.05, 3.63) is 65.4 Å². The van der Waals surface area contributed by atoms with Crippen molar-refractivity contribution in [2.24, 2.45) is 0 Å². The molecule has 1 aromatic carbocycles. The standard InChI is InChI=1S/C19H12Cl4N4O2S/c1-30(28,29)18-24-8-7-14(25-18)16-15-6-5-12(19(21,22)23)10-27(15)26-17(16)11-3-2-4-13(20)9-11/h2-10H,1H3. The van der Waals surface area contributed by atoms with Crippen molar-refractivity contribution in [1.29, 1.82) is 0 Å². The molecule has 3 aromatic heterocycles. The number of sulfone groups is 1. The minimum Gasteiger partial charge on any atom is -0.239 e. The Kier molecular flexibility index (Phi) is 5.45. The van der Waals surface area contributed by atoms with E-state index in [1.54, 1.807) is 47.1 Å². The molecule has 3 heterocycles. The summed E-state index contributed by atoms with van der Waals surface area (Å²) in [6.45, 7) is 0. The highest BCUT2D eigenvalue weighted by atomic mass is 35.6. The monoisotopic (exact) mass is 500 g/mol. The van der Waals surface area contributed by atoms with Gasteiger partial charge in [-0.1, -0.05) is 64.6 Å². The summed E-state index contributed by atoms with van der Waals surface area (Å²) >= 11 is 24.2. The zero-order valence-electron chi connectivity index (χ0n) is 15.2. The van der Waals surface area contributed by atoms with E-state index in [0.29, 0.717) is 33.1 Å². The van der Waals surface area contributed by atoms with Crippen molar-refractivity contribution >= 4 is 61.8 Å². The number of alkyl halides is 3. The summed E-state index contributed by atoms with van der Waals surface area (Å²) in [5.41, 5.74) is 3.30. The number of hydrogen-bond donors (Lipinski definition) is 0. The number of aromatic nitrogens is 4. The van der Waals surface area contributed by atoms with Crippen LogP contribution in [0.15, 0.2) is 60.0 Å². The van der Waals surface area contributed by atoms with E-state index in [-0.39, 0.29) is 5.16 Å². The first kappa shape index (κ1) is 21.3. The van der Waals surface area contributed by atoms with Crippen LogP contribution in [0.5, 0.6) is 0 Å². The van der Waals surface area contributed by atoms with Gasteiger partial charge in [-0.3, -0.25) is 0 Å². The van der Waals surface area contributed by atoms with Crippen molar-refractivity contribution in [3.8, 4) is 22.5 Å². The van der Waals surface area contributed by atoms with Gasteiger partial charge in [-0.05, 0) is 24.3 Å². The molecule has 0 unspecified atom stereocenters. The molecule has 0 radical (unpaired) electrons. The first-order chi connectivity index (χ1) is 14.0. The molecule has 6 nitrogen and oxygen atoms in total. The second kappa shape index (κ2) is 7.66. The zero-order chi connectivity index (χ0) is 21.7. The van der Waals surface area contributed by atoms with Crippen LogP contribution in [0.1, 0.15) is 5.56 Å². The van der Waals surface area contributed by atoms with E-state index in [1.165, 1.54) is 6.20 Å². The third-order valence-corrected chi connectivity index (χ3v) is 6.03. The third kappa shape index (κ3) is 4.13. The fraction of sp³-hybridized carbons (Fsp3) is 0.105. The molecule has 0 N–H and O–H groups in total. The predicted octanol–water partition coefficient (Wildman–Crippen LogP) is 5.34. The average Bonchev–Trinajstić information content (AvgIpc) is 3.05. The predicted molar refractivity (Wildman–Crippen MR) is 119 cm³/mol. The molecule has 0 aliphatic carbocycles. The maximum absolute atomic E-state index is 12.0. The molecule has 0 atom stereocenters. The van der Waals surface area contributed by atoms with Crippen molar-refractivity contribution < 1.29 is 8.42 Å². The molecular weight excluding hydrogens is 490 g/mol. The normalized spacial score (nSPS) is 12.4. The van der Waals surface area contributed by atoms with Gasteiger partial charge in [0.25, 0.3) is 0 Å². The smallest absolute Gasteiger partial charge is 0.239 e. The molecule has 0 saturated carbocycles. The lowest BCUT2D eigenvalue weighted by Crippen LogP contribution is -2.04. The van der Waals surface area contributed by atoms with Crippen LogP contribution in [-0.4, -0.2) is 34.3 Å². The van der Waals surface area contributed by atoms with Crippen molar-refractivity contribution in [2.45, 2.75) is 8.95 Å². The first-order valence-electron chi connectivity index (χ1n) is 8.43. The van der Waals surface area contributed by atoms with Crippen LogP contribution in [-0.2, 0) is 13.6 Å². The van der Waals surface area contributed by atoms with E-state index in [1.807, 2.05) is 6.07 Å². The third-order valence-electron chi connectivity index (χ3n) is 4.28. The quantitative estimate of drug-likeness (QED) is 0.279. The maximum atomic E-state index is 12.0.